The second-order valence-electron chi connectivity index (χ2n) is 8.16. The van der Waals surface area contributed by atoms with Crippen LogP contribution in [-0.2, 0) is 0 Å². The highest BCUT2D eigenvalue weighted by atomic mass is 16.2. The van der Waals surface area contributed by atoms with E-state index in [0.29, 0.717) is 12.0 Å². The molecule has 1 aliphatic carbocycles. The molecule has 144 valence electrons. The molecule has 7 heteroatoms. The van der Waals surface area contributed by atoms with Crippen molar-refractivity contribution in [3.05, 3.63) is 36.2 Å². The van der Waals surface area contributed by atoms with Gasteiger partial charge >= 0.3 is 0 Å². The summed E-state index contributed by atoms with van der Waals surface area (Å²) < 4.78 is 1.59. The van der Waals surface area contributed by atoms with Crippen molar-refractivity contribution in [2.24, 2.45) is 11.8 Å². The van der Waals surface area contributed by atoms with Gasteiger partial charge in [-0.15, -0.1) is 5.10 Å². The minimum absolute atomic E-state index is 0.122. The van der Waals surface area contributed by atoms with Gasteiger partial charge in [-0.05, 0) is 65.8 Å². The number of benzene rings is 1. The average Bonchev–Trinajstić information content (AvgIpc) is 3.38. The van der Waals surface area contributed by atoms with Crippen LogP contribution < -0.4 is 0 Å². The first-order valence-electron chi connectivity index (χ1n) is 9.98. The summed E-state index contributed by atoms with van der Waals surface area (Å²) in [6.07, 6.45) is 5.34. The van der Waals surface area contributed by atoms with E-state index in [4.69, 9.17) is 0 Å². The van der Waals surface area contributed by atoms with Crippen molar-refractivity contribution in [2.45, 2.75) is 39.2 Å². The van der Waals surface area contributed by atoms with E-state index < -0.39 is 0 Å². The van der Waals surface area contributed by atoms with Crippen LogP contribution in [0.5, 0.6) is 0 Å². The van der Waals surface area contributed by atoms with Gasteiger partial charge in [0.1, 0.15) is 6.33 Å². The molecule has 1 amide bonds. The second-order valence-corrected chi connectivity index (χ2v) is 8.16. The Labute approximate surface area is 160 Å². The van der Waals surface area contributed by atoms with E-state index in [0.717, 1.165) is 43.2 Å². The first-order valence-corrected chi connectivity index (χ1v) is 9.98. The van der Waals surface area contributed by atoms with Crippen molar-refractivity contribution in [3.63, 3.8) is 0 Å². The Morgan fingerprint density at radius 2 is 1.96 bits per heavy atom. The summed E-state index contributed by atoms with van der Waals surface area (Å²) in [5, 5.41) is 11.2. The molecule has 1 atom stereocenters. The van der Waals surface area contributed by atoms with Crippen LogP contribution >= 0.6 is 0 Å². The molecule has 0 N–H and O–H groups in total. The lowest BCUT2D eigenvalue weighted by Gasteiger charge is -2.34. The van der Waals surface area contributed by atoms with Gasteiger partial charge < -0.3 is 4.90 Å². The summed E-state index contributed by atoms with van der Waals surface area (Å²) in [6.45, 7) is 8.50. The number of hydrogen-bond donors (Lipinski definition) is 0. The number of aromatic nitrogens is 4. The van der Waals surface area contributed by atoms with Gasteiger partial charge in [0.15, 0.2) is 0 Å². The molecule has 0 bridgehead atoms. The number of carbonyl (C=O) groups excluding carboxylic acids is 1. The number of tetrazole rings is 1. The molecule has 7 nitrogen and oxygen atoms in total. The maximum Gasteiger partial charge on any atom is 0.253 e. The summed E-state index contributed by atoms with van der Waals surface area (Å²) in [6, 6.07) is 7.96. The molecule has 1 aromatic heterocycles. The summed E-state index contributed by atoms with van der Waals surface area (Å²) in [4.78, 5) is 17.8. The highest BCUT2D eigenvalue weighted by molar-refractivity contribution is 5.94. The van der Waals surface area contributed by atoms with Crippen LogP contribution in [0.3, 0.4) is 0 Å². The molecule has 2 aliphatic rings. The van der Waals surface area contributed by atoms with Gasteiger partial charge in [0, 0.05) is 37.8 Å². The third-order valence-electron chi connectivity index (χ3n) is 5.72. The lowest BCUT2D eigenvalue weighted by Crippen LogP contribution is -2.46. The molecular formula is C20H28N6O. The molecule has 1 saturated heterocycles. The molecule has 2 heterocycles. The quantitative estimate of drug-likeness (QED) is 0.810. The van der Waals surface area contributed by atoms with Gasteiger partial charge in [0.25, 0.3) is 5.91 Å². The molecule has 0 radical (unpaired) electrons. The SMILES string of the molecule is CC(C)[C@@H]1CN(C(=O)c2ccc(-n3cnnn3)cc2)CCCN1CC1CC1. The first-order chi connectivity index (χ1) is 13.1. The smallest absolute Gasteiger partial charge is 0.253 e. The van der Waals surface area contributed by atoms with Gasteiger partial charge in [0.2, 0.25) is 0 Å². The molecule has 27 heavy (non-hydrogen) atoms. The highest BCUT2D eigenvalue weighted by Gasteiger charge is 2.33. The van der Waals surface area contributed by atoms with Crippen molar-refractivity contribution in [2.75, 3.05) is 26.2 Å². The van der Waals surface area contributed by atoms with E-state index in [-0.39, 0.29) is 5.91 Å². The molecule has 0 spiro atoms. The number of nitrogens with zero attached hydrogens (tertiary/aromatic N) is 6. The highest BCUT2D eigenvalue weighted by Crippen LogP contribution is 2.32. The Hall–Kier alpha value is -2.28. The molecule has 4 rings (SSSR count). The van der Waals surface area contributed by atoms with Gasteiger partial charge in [-0.25, -0.2) is 4.68 Å². The molecule has 2 aromatic rings. The van der Waals surface area contributed by atoms with Gasteiger partial charge in [0.05, 0.1) is 5.69 Å². The summed E-state index contributed by atoms with van der Waals surface area (Å²) >= 11 is 0. The third kappa shape index (κ3) is 4.18. The molecular weight excluding hydrogens is 340 g/mol. The topological polar surface area (TPSA) is 67.2 Å². The van der Waals surface area contributed by atoms with Crippen molar-refractivity contribution >= 4 is 5.91 Å². The molecule has 0 unspecified atom stereocenters. The minimum Gasteiger partial charge on any atom is -0.337 e. The standard InChI is InChI=1S/C20H28N6O/c1-15(2)19-13-25(11-3-10-24(19)12-16-4-5-16)20(27)17-6-8-18(9-7-17)26-14-21-22-23-26/h6-9,14-16,19H,3-5,10-13H2,1-2H3/t19-/m0/s1. The van der Waals surface area contributed by atoms with Crippen LogP contribution in [0.25, 0.3) is 5.69 Å². The van der Waals surface area contributed by atoms with Crippen LogP contribution in [0.2, 0.25) is 0 Å². The minimum atomic E-state index is 0.122. The normalized spacial score (nSPS) is 21.4. The fourth-order valence-corrected chi connectivity index (χ4v) is 3.96. The molecule has 1 saturated carbocycles. The molecule has 2 fully saturated rings. The van der Waals surface area contributed by atoms with Gasteiger partial charge in [-0.1, -0.05) is 13.8 Å². The Bertz CT molecular complexity index is 753. The third-order valence-corrected chi connectivity index (χ3v) is 5.72. The van der Waals surface area contributed by atoms with E-state index in [1.54, 1.807) is 11.0 Å². The first kappa shape index (κ1) is 18.1. The van der Waals surface area contributed by atoms with Gasteiger partial charge in [-0.3, -0.25) is 9.69 Å². The Balaban J connectivity index is 1.47. The Morgan fingerprint density at radius 3 is 2.59 bits per heavy atom. The zero-order valence-electron chi connectivity index (χ0n) is 16.2. The summed E-state index contributed by atoms with van der Waals surface area (Å²) in [7, 11) is 0. The Morgan fingerprint density at radius 1 is 1.19 bits per heavy atom. The van der Waals surface area contributed by atoms with Crippen LogP contribution in [-0.4, -0.2) is 68.1 Å². The molecule has 1 aliphatic heterocycles. The largest absolute Gasteiger partial charge is 0.337 e. The predicted molar refractivity (Wildman–Crippen MR) is 103 cm³/mol. The summed E-state index contributed by atoms with van der Waals surface area (Å²) in [5.41, 5.74) is 1.58. The number of hydrogen-bond acceptors (Lipinski definition) is 5. The lowest BCUT2D eigenvalue weighted by atomic mass is 10.0. The zero-order valence-corrected chi connectivity index (χ0v) is 16.2. The Kier molecular flexibility index (Phi) is 5.20. The van der Waals surface area contributed by atoms with Gasteiger partial charge in [-0.2, -0.15) is 0 Å². The maximum atomic E-state index is 13.1. The monoisotopic (exact) mass is 368 g/mol. The van der Waals surface area contributed by atoms with E-state index in [9.17, 15) is 4.79 Å². The number of amides is 1. The van der Waals surface area contributed by atoms with Crippen molar-refractivity contribution in [3.8, 4) is 5.69 Å². The van der Waals surface area contributed by atoms with E-state index in [1.165, 1.54) is 19.4 Å². The van der Waals surface area contributed by atoms with Crippen molar-refractivity contribution in [1.82, 2.24) is 30.0 Å². The summed E-state index contributed by atoms with van der Waals surface area (Å²) in [5.74, 6) is 1.55. The van der Waals surface area contributed by atoms with E-state index >= 15 is 0 Å². The lowest BCUT2D eigenvalue weighted by molar-refractivity contribution is 0.0704. The van der Waals surface area contributed by atoms with Crippen LogP contribution in [0.15, 0.2) is 30.6 Å². The van der Waals surface area contributed by atoms with E-state index in [2.05, 4.69) is 34.3 Å². The average molecular weight is 368 g/mol. The van der Waals surface area contributed by atoms with E-state index in [1.807, 2.05) is 29.2 Å². The number of carbonyl (C=O) groups is 1. The zero-order chi connectivity index (χ0) is 18.8. The predicted octanol–water partition coefficient (Wildman–Crippen LogP) is 2.24. The maximum absolute atomic E-state index is 13.1. The fraction of sp³-hybridized carbons (Fsp3) is 0.600. The second kappa shape index (κ2) is 7.76. The van der Waals surface area contributed by atoms with Crippen LogP contribution in [0, 0.1) is 11.8 Å². The van der Waals surface area contributed by atoms with Crippen molar-refractivity contribution < 1.29 is 4.79 Å². The number of rotatable bonds is 5. The molecule has 1 aromatic carbocycles. The fourth-order valence-electron chi connectivity index (χ4n) is 3.96. The van der Waals surface area contributed by atoms with Crippen molar-refractivity contribution in [1.29, 1.82) is 0 Å². The van der Waals surface area contributed by atoms with Crippen LogP contribution in [0.1, 0.15) is 43.5 Å². The van der Waals surface area contributed by atoms with Crippen LogP contribution in [0.4, 0.5) is 0 Å².